The van der Waals surface area contributed by atoms with Gasteiger partial charge in [0, 0.05) is 65.7 Å². The zero-order valence-corrected chi connectivity index (χ0v) is 20.9. The molecule has 6 rings (SSSR count). The van der Waals surface area contributed by atoms with Gasteiger partial charge in [-0.1, -0.05) is 6.07 Å². The van der Waals surface area contributed by atoms with Gasteiger partial charge in [-0.25, -0.2) is 24.3 Å². The Labute approximate surface area is 217 Å². The van der Waals surface area contributed by atoms with Crippen LogP contribution in [-0.2, 0) is 0 Å². The summed E-state index contributed by atoms with van der Waals surface area (Å²) in [6.07, 6.45) is 9.88. The largest absolute Gasteiger partial charge is 0.369 e. The van der Waals surface area contributed by atoms with Crippen LogP contribution in [0, 0.1) is 5.82 Å². The molecule has 2 unspecified atom stereocenters. The molecule has 0 radical (unpaired) electrons. The first-order valence-electron chi connectivity index (χ1n) is 12.2. The van der Waals surface area contributed by atoms with E-state index in [1.165, 1.54) is 32.3 Å². The van der Waals surface area contributed by atoms with E-state index in [0.29, 0.717) is 28.3 Å². The number of carbonyl (C=O) groups is 1. The molecule has 4 heterocycles. The zero-order valence-electron chi connectivity index (χ0n) is 20.1. The van der Waals surface area contributed by atoms with Crippen molar-refractivity contribution in [1.29, 1.82) is 0 Å². The Morgan fingerprint density at radius 3 is 2.68 bits per heavy atom. The molecule has 37 heavy (non-hydrogen) atoms. The van der Waals surface area contributed by atoms with Gasteiger partial charge in [-0.05, 0) is 37.0 Å². The molecule has 11 heteroatoms. The van der Waals surface area contributed by atoms with Crippen molar-refractivity contribution in [3.63, 3.8) is 0 Å². The van der Waals surface area contributed by atoms with Crippen molar-refractivity contribution in [2.45, 2.75) is 35.8 Å². The maximum atomic E-state index is 14.7. The van der Waals surface area contributed by atoms with Crippen LogP contribution in [0.5, 0.6) is 0 Å². The summed E-state index contributed by atoms with van der Waals surface area (Å²) >= 11 is 1.80. The number of anilines is 2. The average Bonchev–Trinajstić information content (AvgIpc) is 3.73. The third-order valence-electron chi connectivity index (χ3n) is 6.56. The number of aromatic nitrogens is 5. The van der Waals surface area contributed by atoms with Crippen LogP contribution in [0.3, 0.4) is 0 Å². The van der Waals surface area contributed by atoms with Crippen molar-refractivity contribution in [3.05, 3.63) is 66.1 Å². The Morgan fingerprint density at radius 2 is 1.92 bits per heavy atom. The van der Waals surface area contributed by atoms with Crippen molar-refractivity contribution in [3.8, 4) is 11.3 Å². The van der Waals surface area contributed by atoms with Crippen LogP contribution in [-0.4, -0.2) is 55.7 Å². The number of hydrogen-bond donors (Lipinski definition) is 3. The van der Waals surface area contributed by atoms with E-state index in [9.17, 15) is 9.18 Å². The highest BCUT2D eigenvalue weighted by atomic mass is 32.2. The van der Waals surface area contributed by atoms with Gasteiger partial charge in [0.15, 0.2) is 0 Å². The van der Waals surface area contributed by atoms with E-state index in [-0.39, 0.29) is 16.5 Å². The second-order valence-electron chi connectivity index (χ2n) is 9.16. The summed E-state index contributed by atoms with van der Waals surface area (Å²) in [7, 11) is 1.53. The van der Waals surface area contributed by atoms with E-state index in [2.05, 4.69) is 40.9 Å². The van der Waals surface area contributed by atoms with Crippen molar-refractivity contribution in [2.24, 2.45) is 0 Å². The Balaban J connectivity index is 1.09. The lowest BCUT2D eigenvalue weighted by molar-refractivity contribution is 0.0964. The minimum atomic E-state index is -0.438. The van der Waals surface area contributed by atoms with Crippen molar-refractivity contribution >= 4 is 40.3 Å². The fourth-order valence-electron chi connectivity index (χ4n) is 4.40. The topological polar surface area (TPSA) is 118 Å². The van der Waals surface area contributed by atoms with Gasteiger partial charge in [0.25, 0.3) is 5.91 Å². The summed E-state index contributed by atoms with van der Waals surface area (Å²) in [5.74, 6) is 0.614. The number of hydrogen-bond acceptors (Lipinski definition) is 9. The Hall–Kier alpha value is -3.86. The van der Waals surface area contributed by atoms with Crippen molar-refractivity contribution in [2.75, 3.05) is 24.2 Å². The zero-order chi connectivity index (χ0) is 25.4. The Morgan fingerprint density at radius 1 is 1.11 bits per heavy atom. The normalized spacial score (nSPS) is 18.8. The summed E-state index contributed by atoms with van der Waals surface area (Å²) in [6.45, 7) is 0.731. The maximum absolute atomic E-state index is 14.7. The third kappa shape index (κ3) is 4.91. The van der Waals surface area contributed by atoms with Crippen LogP contribution in [0.2, 0.25) is 0 Å². The number of thioether (sulfide) groups is 1. The molecule has 1 aliphatic carbocycles. The van der Waals surface area contributed by atoms with Gasteiger partial charge in [0.1, 0.15) is 18.0 Å². The first kappa shape index (κ1) is 23.5. The summed E-state index contributed by atoms with van der Waals surface area (Å²) in [6, 6.07) is 7.16. The lowest BCUT2D eigenvalue weighted by atomic mass is 9.99. The number of carbonyl (C=O) groups excluding carboxylic acids is 1. The molecule has 2 aliphatic rings. The van der Waals surface area contributed by atoms with Gasteiger partial charge >= 0.3 is 0 Å². The molecule has 188 valence electrons. The van der Waals surface area contributed by atoms with E-state index < -0.39 is 5.82 Å². The Bertz CT molecular complexity index is 1460. The summed E-state index contributed by atoms with van der Waals surface area (Å²) in [5, 5.41) is 10.1. The number of amides is 1. The van der Waals surface area contributed by atoms with E-state index in [1.54, 1.807) is 42.5 Å². The van der Waals surface area contributed by atoms with Crippen molar-refractivity contribution in [1.82, 2.24) is 30.2 Å². The van der Waals surface area contributed by atoms with Crippen LogP contribution < -0.4 is 16.0 Å². The SMILES string of the molecule is CNC(=O)c1ccnc2c(C3CC(CNc4cc(-c5cnc(NC6CC6)nc5)ncn4)S3)ccc(F)c12. The van der Waals surface area contributed by atoms with Gasteiger partial charge in [0.2, 0.25) is 5.95 Å². The van der Waals surface area contributed by atoms with E-state index >= 15 is 0 Å². The van der Waals surface area contributed by atoms with E-state index in [0.717, 1.165) is 35.6 Å². The maximum Gasteiger partial charge on any atom is 0.251 e. The van der Waals surface area contributed by atoms with E-state index in [4.69, 9.17) is 0 Å². The van der Waals surface area contributed by atoms with Crippen molar-refractivity contribution < 1.29 is 9.18 Å². The van der Waals surface area contributed by atoms with Crippen LogP contribution in [0.4, 0.5) is 16.2 Å². The molecule has 1 aromatic carbocycles. The molecule has 0 bridgehead atoms. The van der Waals surface area contributed by atoms with Crippen LogP contribution in [0.25, 0.3) is 22.2 Å². The summed E-state index contributed by atoms with van der Waals surface area (Å²) in [5.41, 5.74) is 3.38. The Kier molecular flexibility index (Phi) is 6.29. The summed E-state index contributed by atoms with van der Waals surface area (Å²) in [4.78, 5) is 34.2. The molecule has 9 nitrogen and oxygen atoms in total. The molecular weight excluding hydrogens is 491 g/mol. The van der Waals surface area contributed by atoms with Gasteiger partial charge in [-0.2, -0.15) is 0 Å². The van der Waals surface area contributed by atoms with Crippen LogP contribution in [0.15, 0.2) is 49.2 Å². The quantitative estimate of drug-likeness (QED) is 0.316. The second-order valence-corrected chi connectivity index (χ2v) is 10.7. The minimum absolute atomic E-state index is 0.184. The van der Waals surface area contributed by atoms with Gasteiger partial charge < -0.3 is 16.0 Å². The highest BCUT2D eigenvalue weighted by Crippen LogP contribution is 2.50. The molecule has 2 atom stereocenters. The number of rotatable bonds is 8. The fourth-order valence-corrected chi connectivity index (χ4v) is 5.67. The van der Waals surface area contributed by atoms with Gasteiger partial charge in [0.05, 0.1) is 16.8 Å². The molecule has 4 aromatic rings. The van der Waals surface area contributed by atoms with Gasteiger partial charge in [-0.15, -0.1) is 11.8 Å². The molecule has 1 saturated heterocycles. The highest BCUT2D eigenvalue weighted by Gasteiger charge is 2.33. The number of benzene rings is 1. The first-order valence-corrected chi connectivity index (χ1v) is 13.1. The molecule has 1 amide bonds. The predicted molar refractivity (Wildman–Crippen MR) is 142 cm³/mol. The molecular formula is C26H25FN8OS. The number of fused-ring (bicyclic) bond motifs is 1. The third-order valence-corrected chi connectivity index (χ3v) is 8.08. The molecule has 1 saturated carbocycles. The number of nitrogens with zero attached hydrogens (tertiary/aromatic N) is 5. The predicted octanol–water partition coefficient (Wildman–Crippen LogP) is 4.21. The lowest BCUT2D eigenvalue weighted by Crippen LogP contribution is -2.28. The van der Waals surface area contributed by atoms with Crippen LogP contribution in [0.1, 0.15) is 40.4 Å². The fraction of sp³-hybridized carbons (Fsp3) is 0.308. The number of halogens is 1. The standard InChI is InChI=1S/C26H25FN8OS/c1-28-25(36)18-6-7-29-24-17(4-5-19(27)23(18)24)21-8-16(37-21)12-30-22-9-20(33-13-34-22)14-10-31-26(32-11-14)35-15-2-3-15/h4-7,9-11,13,15-16,21H,2-3,8,12H2,1H3,(H,28,36)(H,30,33,34)(H,31,32,35). The minimum Gasteiger partial charge on any atom is -0.369 e. The molecule has 0 spiro atoms. The van der Waals surface area contributed by atoms with Gasteiger partial charge in [-0.3, -0.25) is 9.78 Å². The smallest absolute Gasteiger partial charge is 0.251 e. The molecule has 2 fully saturated rings. The van der Waals surface area contributed by atoms with Crippen LogP contribution >= 0.6 is 11.8 Å². The molecule has 3 aromatic heterocycles. The first-order chi connectivity index (χ1) is 18.1. The highest BCUT2D eigenvalue weighted by molar-refractivity contribution is 8.01. The lowest BCUT2D eigenvalue weighted by Gasteiger charge is -2.35. The monoisotopic (exact) mass is 516 g/mol. The number of pyridine rings is 1. The molecule has 1 aliphatic heterocycles. The second kappa shape index (κ2) is 9.89. The summed E-state index contributed by atoms with van der Waals surface area (Å²) < 4.78 is 14.7. The molecule has 3 N–H and O–H groups in total. The van der Waals surface area contributed by atoms with E-state index in [1.807, 2.05) is 6.07 Å². The number of nitrogens with one attached hydrogen (secondary N) is 3. The average molecular weight is 517 g/mol.